The molecule has 0 bridgehead atoms. The predicted octanol–water partition coefficient (Wildman–Crippen LogP) is 1.74. The van der Waals surface area contributed by atoms with E-state index in [9.17, 15) is 9.59 Å². The summed E-state index contributed by atoms with van der Waals surface area (Å²) in [5.41, 5.74) is 0.393. The van der Waals surface area contributed by atoms with E-state index in [1.54, 1.807) is 6.07 Å². The molecule has 6 heteroatoms. The number of carboxylic acids is 1. The molecule has 1 saturated heterocycles. The molecule has 1 amide bonds. The van der Waals surface area contributed by atoms with Crippen molar-refractivity contribution in [2.45, 2.75) is 11.8 Å². The van der Waals surface area contributed by atoms with Crippen LogP contribution < -0.4 is 9.64 Å². The minimum Gasteiger partial charge on any atom is -0.497 e. The van der Waals surface area contributed by atoms with Crippen LogP contribution in [0.15, 0.2) is 18.2 Å². The van der Waals surface area contributed by atoms with Gasteiger partial charge in [0.1, 0.15) is 5.75 Å². The van der Waals surface area contributed by atoms with Crippen LogP contribution in [0.5, 0.6) is 5.75 Å². The Bertz CT molecular complexity index is 503. The maximum absolute atomic E-state index is 11.8. The Labute approximate surface area is 109 Å². The maximum Gasteiger partial charge on any atom is 0.337 e. The van der Waals surface area contributed by atoms with E-state index in [0.29, 0.717) is 18.0 Å². The molecule has 18 heavy (non-hydrogen) atoms. The number of ether oxygens (including phenoxy) is 1. The molecule has 1 unspecified atom stereocenters. The fourth-order valence-electron chi connectivity index (χ4n) is 1.94. The number of hydrogen-bond donors (Lipinski definition) is 1. The van der Waals surface area contributed by atoms with E-state index in [2.05, 4.69) is 0 Å². The molecule has 1 heterocycles. The molecule has 1 fully saturated rings. The van der Waals surface area contributed by atoms with Crippen LogP contribution in [-0.2, 0) is 4.79 Å². The van der Waals surface area contributed by atoms with Crippen molar-refractivity contribution in [1.82, 2.24) is 0 Å². The number of methoxy groups -OCH3 is 1. The van der Waals surface area contributed by atoms with Crippen LogP contribution in [0.3, 0.4) is 0 Å². The second-order valence-corrected chi connectivity index (χ2v) is 4.61. The lowest BCUT2D eigenvalue weighted by molar-refractivity contribution is -0.117. The molecule has 1 atom stereocenters. The summed E-state index contributed by atoms with van der Waals surface area (Å²) in [7, 11) is 1.48. The first-order valence-corrected chi connectivity index (χ1v) is 5.82. The van der Waals surface area contributed by atoms with Crippen LogP contribution >= 0.6 is 11.6 Å². The number of carboxylic acid groups (broad SMARTS) is 1. The molecule has 1 N–H and O–H groups in total. The van der Waals surface area contributed by atoms with E-state index in [4.69, 9.17) is 21.4 Å². The lowest BCUT2D eigenvalue weighted by atomic mass is 10.1. The molecule has 96 valence electrons. The summed E-state index contributed by atoms with van der Waals surface area (Å²) in [6, 6.07) is 4.51. The van der Waals surface area contributed by atoms with Crippen molar-refractivity contribution in [3.8, 4) is 5.75 Å². The zero-order valence-electron chi connectivity index (χ0n) is 9.72. The topological polar surface area (TPSA) is 66.8 Å². The zero-order valence-corrected chi connectivity index (χ0v) is 10.5. The number of carbonyl (C=O) groups is 2. The number of benzene rings is 1. The largest absolute Gasteiger partial charge is 0.497 e. The van der Waals surface area contributed by atoms with Gasteiger partial charge in [-0.15, -0.1) is 11.6 Å². The van der Waals surface area contributed by atoms with Crippen molar-refractivity contribution in [2.24, 2.45) is 0 Å². The number of amides is 1. The molecule has 0 saturated carbocycles. The summed E-state index contributed by atoms with van der Waals surface area (Å²) < 4.78 is 5.05. The number of nitrogens with zero attached hydrogens (tertiary/aromatic N) is 1. The molecule has 0 aromatic heterocycles. The lowest BCUT2D eigenvalue weighted by Gasteiger charge is -2.19. The minimum atomic E-state index is -1.08. The van der Waals surface area contributed by atoms with E-state index in [0.717, 1.165) is 0 Å². The van der Waals surface area contributed by atoms with Gasteiger partial charge < -0.3 is 14.7 Å². The summed E-state index contributed by atoms with van der Waals surface area (Å²) in [4.78, 5) is 24.3. The molecule has 2 rings (SSSR count). The molecule has 1 aromatic rings. The number of halogens is 1. The molecular formula is C12H12ClNO4. The second-order valence-electron chi connectivity index (χ2n) is 3.99. The highest BCUT2D eigenvalue weighted by atomic mass is 35.5. The second kappa shape index (κ2) is 4.86. The summed E-state index contributed by atoms with van der Waals surface area (Å²) >= 11 is 5.92. The Morgan fingerprint density at radius 3 is 2.78 bits per heavy atom. The van der Waals surface area contributed by atoms with Crippen LogP contribution in [0.2, 0.25) is 0 Å². The highest BCUT2D eigenvalue weighted by Crippen LogP contribution is 2.30. The van der Waals surface area contributed by atoms with Crippen LogP contribution in [0.4, 0.5) is 5.69 Å². The summed E-state index contributed by atoms with van der Waals surface area (Å²) in [6.07, 6.45) is 0.220. The summed E-state index contributed by atoms with van der Waals surface area (Å²) in [6.45, 7) is 0.313. The number of rotatable bonds is 3. The molecular weight excluding hydrogens is 258 g/mol. The van der Waals surface area contributed by atoms with E-state index < -0.39 is 5.97 Å². The Kier molecular flexibility index (Phi) is 3.43. The quantitative estimate of drug-likeness (QED) is 0.849. The highest BCUT2D eigenvalue weighted by Gasteiger charge is 2.31. The third-order valence-electron chi connectivity index (χ3n) is 2.80. The van der Waals surface area contributed by atoms with E-state index in [1.165, 1.54) is 24.1 Å². The third-order valence-corrected chi connectivity index (χ3v) is 3.10. The van der Waals surface area contributed by atoms with Gasteiger partial charge >= 0.3 is 5.97 Å². The molecule has 0 spiro atoms. The highest BCUT2D eigenvalue weighted by molar-refractivity contribution is 6.24. The van der Waals surface area contributed by atoms with E-state index in [-0.39, 0.29) is 23.3 Å². The van der Waals surface area contributed by atoms with Gasteiger partial charge in [-0.05, 0) is 12.1 Å². The molecule has 1 aliphatic rings. The fourth-order valence-corrected chi connectivity index (χ4v) is 2.21. The van der Waals surface area contributed by atoms with Gasteiger partial charge in [-0.25, -0.2) is 4.79 Å². The van der Waals surface area contributed by atoms with E-state index >= 15 is 0 Å². The molecule has 0 aliphatic carbocycles. The number of alkyl halides is 1. The van der Waals surface area contributed by atoms with Crippen molar-refractivity contribution in [3.63, 3.8) is 0 Å². The maximum atomic E-state index is 11.8. The predicted molar refractivity (Wildman–Crippen MR) is 66.6 cm³/mol. The lowest BCUT2D eigenvalue weighted by Crippen LogP contribution is -2.26. The average molecular weight is 270 g/mol. The number of aromatic carboxylic acids is 1. The average Bonchev–Trinajstić information content (AvgIpc) is 2.67. The first-order chi connectivity index (χ1) is 8.52. The first-order valence-electron chi connectivity index (χ1n) is 5.38. The van der Waals surface area contributed by atoms with Crippen molar-refractivity contribution >= 4 is 29.2 Å². The van der Waals surface area contributed by atoms with Gasteiger partial charge in [-0.1, -0.05) is 0 Å². The van der Waals surface area contributed by atoms with Gasteiger partial charge in [0.15, 0.2) is 0 Å². The molecule has 0 radical (unpaired) electrons. The Morgan fingerprint density at radius 2 is 2.28 bits per heavy atom. The van der Waals surface area contributed by atoms with Gasteiger partial charge in [-0.3, -0.25) is 4.79 Å². The van der Waals surface area contributed by atoms with Crippen LogP contribution in [0.1, 0.15) is 16.8 Å². The van der Waals surface area contributed by atoms with Gasteiger partial charge in [0, 0.05) is 19.0 Å². The Balaban J connectivity index is 2.47. The number of hydrogen-bond acceptors (Lipinski definition) is 3. The van der Waals surface area contributed by atoms with Crippen LogP contribution in [0, 0.1) is 0 Å². The van der Waals surface area contributed by atoms with Crippen LogP contribution in [0.25, 0.3) is 0 Å². The standard InChI is InChI=1S/C12H12ClNO4/c1-18-8-2-3-9(12(16)17)10(5-8)14-6-7(13)4-11(14)15/h2-3,5,7H,4,6H2,1H3,(H,16,17). The normalized spacial score (nSPS) is 19.1. The Hall–Kier alpha value is -1.75. The van der Waals surface area contributed by atoms with Crippen molar-refractivity contribution < 1.29 is 19.4 Å². The van der Waals surface area contributed by atoms with E-state index in [1.807, 2.05) is 0 Å². The molecule has 1 aliphatic heterocycles. The summed E-state index contributed by atoms with van der Waals surface area (Å²) in [5.74, 6) is -0.759. The van der Waals surface area contributed by atoms with Gasteiger partial charge in [0.25, 0.3) is 0 Å². The van der Waals surface area contributed by atoms with Gasteiger partial charge in [0.05, 0.1) is 23.7 Å². The number of carbonyl (C=O) groups excluding carboxylic acids is 1. The number of anilines is 1. The smallest absolute Gasteiger partial charge is 0.337 e. The first kappa shape index (κ1) is 12.7. The van der Waals surface area contributed by atoms with Crippen molar-refractivity contribution in [3.05, 3.63) is 23.8 Å². The third kappa shape index (κ3) is 2.26. The SMILES string of the molecule is COc1ccc(C(=O)O)c(N2CC(Cl)CC2=O)c1. The van der Waals surface area contributed by atoms with Crippen LogP contribution in [-0.4, -0.2) is 36.0 Å². The Morgan fingerprint density at radius 1 is 1.56 bits per heavy atom. The van der Waals surface area contributed by atoms with Crippen molar-refractivity contribution in [2.75, 3.05) is 18.6 Å². The minimum absolute atomic E-state index is 0.0647. The molecule has 1 aromatic carbocycles. The zero-order chi connectivity index (χ0) is 13.3. The fraction of sp³-hybridized carbons (Fsp3) is 0.333. The van der Waals surface area contributed by atoms with Crippen molar-refractivity contribution in [1.29, 1.82) is 0 Å². The monoisotopic (exact) mass is 269 g/mol. The van der Waals surface area contributed by atoms with Gasteiger partial charge in [-0.2, -0.15) is 0 Å². The summed E-state index contributed by atoms with van der Waals surface area (Å²) in [5, 5.41) is 8.84. The molecule has 5 nitrogen and oxygen atoms in total. The van der Waals surface area contributed by atoms with Gasteiger partial charge in [0.2, 0.25) is 5.91 Å².